The van der Waals surface area contributed by atoms with Crippen LogP contribution >= 0.6 is 11.6 Å². The lowest BCUT2D eigenvalue weighted by molar-refractivity contribution is -0.139. The van der Waals surface area contributed by atoms with Gasteiger partial charge in [0.1, 0.15) is 12.4 Å². The molecule has 3 aromatic rings. The molecule has 0 unspecified atom stereocenters. The summed E-state index contributed by atoms with van der Waals surface area (Å²) in [5.41, 5.74) is 3.81. The van der Waals surface area contributed by atoms with Gasteiger partial charge in [0.05, 0.1) is 25.6 Å². The van der Waals surface area contributed by atoms with Crippen molar-refractivity contribution in [1.82, 2.24) is 10.7 Å². The minimum Gasteiger partial charge on any atom is -0.490 e. The van der Waals surface area contributed by atoms with E-state index in [2.05, 4.69) is 15.8 Å². The van der Waals surface area contributed by atoms with Gasteiger partial charge in [0, 0.05) is 5.02 Å². The zero-order valence-electron chi connectivity index (χ0n) is 17.3. The number of hydrogen-bond acceptors (Lipinski definition) is 6. The molecule has 0 atom stereocenters. The maximum Gasteiger partial charge on any atom is 0.329 e. The normalized spacial score (nSPS) is 10.7. The number of rotatable bonds is 9. The highest BCUT2D eigenvalue weighted by molar-refractivity contribution is 6.35. The Bertz CT molecular complexity index is 1070. The molecule has 0 saturated heterocycles. The van der Waals surface area contributed by atoms with E-state index in [-0.39, 0.29) is 6.54 Å². The summed E-state index contributed by atoms with van der Waals surface area (Å²) in [6.45, 7) is 2.78. The van der Waals surface area contributed by atoms with Crippen molar-refractivity contribution >= 4 is 29.6 Å². The molecule has 1 heterocycles. The van der Waals surface area contributed by atoms with E-state index in [1.807, 2.05) is 19.1 Å². The number of hydrazone groups is 1. The largest absolute Gasteiger partial charge is 0.490 e. The fraction of sp³-hybridized carbons (Fsp3) is 0.174. The van der Waals surface area contributed by atoms with Gasteiger partial charge in [-0.2, -0.15) is 5.10 Å². The number of benzene rings is 2. The number of halogens is 1. The highest BCUT2D eigenvalue weighted by Gasteiger charge is 2.12. The summed E-state index contributed by atoms with van der Waals surface area (Å²) in [6, 6.07) is 16.0. The second-order valence-corrected chi connectivity index (χ2v) is 6.95. The lowest BCUT2D eigenvalue weighted by atomic mass is 10.2. The Kier molecular flexibility index (Phi) is 8.28. The lowest BCUT2D eigenvalue weighted by Gasteiger charge is -2.12. The third-order valence-corrected chi connectivity index (χ3v) is 4.42. The molecule has 2 aromatic carbocycles. The molecule has 0 aliphatic carbocycles. The van der Waals surface area contributed by atoms with Crippen molar-refractivity contribution in [1.29, 1.82) is 0 Å². The number of furan rings is 1. The van der Waals surface area contributed by atoms with Gasteiger partial charge in [-0.25, -0.2) is 5.43 Å². The molecule has 8 nitrogen and oxygen atoms in total. The van der Waals surface area contributed by atoms with Crippen LogP contribution < -0.4 is 20.2 Å². The molecule has 0 radical (unpaired) electrons. The Morgan fingerprint density at radius 2 is 1.88 bits per heavy atom. The number of carbonyl (C=O) groups excluding carboxylic acids is 2. The van der Waals surface area contributed by atoms with Gasteiger partial charge >= 0.3 is 11.8 Å². The Labute approximate surface area is 190 Å². The molecule has 9 heteroatoms. The number of nitrogens with zero attached hydrogens (tertiary/aromatic N) is 1. The number of carbonyl (C=O) groups is 2. The molecule has 1 aromatic heterocycles. The number of amides is 2. The fourth-order valence-corrected chi connectivity index (χ4v) is 2.74. The Balaban J connectivity index is 1.55. The Morgan fingerprint density at radius 1 is 1.06 bits per heavy atom. The second-order valence-electron chi connectivity index (χ2n) is 6.52. The third kappa shape index (κ3) is 6.88. The molecule has 0 fully saturated rings. The fourth-order valence-electron chi connectivity index (χ4n) is 2.61. The first kappa shape index (κ1) is 22.9. The van der Waals surface area contributed by atoms with Gasteiger partial charge in [-0.3, -0.25) is 9.59 Å². The second kappa shape index (κ2) is 11.6. The monoisotopic (exact) mass is 455 g/mol. The van der Waals surface area contributed by atoms with Crippen molar-refractivity contribution in [3.05, 3.63) is 82.8 Å². The van der Waals surface area contributed by atoms with Gasteiger partial charge in [0.2, 0.25) is 0 Å². The van der Waals surface area contributed by atoms with Crippen molar-refractivity contribution < 1.29 is 23.5 Å². The molecule has 3 rings (SSSR count). The average molecular weight is 456 g/mol. The van der Waals surface area contributed by atoms with E-state index in [0.29, 0.717) is 41.1 Å². The van der Waals surface area contributed by atoms with Gasteiger partial charge in [0.25, 0.3) is 0 Å². The summed E-state index contributed by atoms with van der Waals surface area (Å²) >= 11 is 5.90. The van der Waals surface area contributed by atoms with Crippen LogP contribution in [0.2, 0.25) is 5.02 Å². The minimum absolute atomic E-state index is 0.109. The van der Waals surface area contributed by atoms with Crippen molar-refractivity contribution in [2.75, 3.05) is 6.61 Å². The van der Waals surface area contributed by atoms with Crippen LogP contribution in [-0.2, 0) is 22.7 Å². The Hall–Kier alpha value is -3.78. The van der Waals surface area contributed by atoms with Crippen molar-refractivity contribution in [2.45, 2.75) is 20.1 Å². The third-order valence-electron chi connectivity index (χ3n) is 4.16. The highest BCUT2D eigenvalue weighted by Crippen LogP contribution is 2.29. The van der Waals surface area contributed by atoms with Crippen LogP contribution in [0.25, 0.3) is 0 Å². The van der Waals surface area contributed by atoms with Crippen molar-refractivity contribution in [2.24, 2.45) is 5.10 Å². The van der Waals surface area contributed by atoms with E-state index in [1.54, 1.807) is 42.5 Å². The van der Waals surface area contributed by atoms with Gasteiger partial charge in [0.15, 0.2) is 11.5 Å². The van der Waals surface area contributed by atoms with E-state index in [9.17, 15) is 9.59 Å². The molecular weight excluding hydrogens is 434 g/mol. The summed E-state index contributed by atoms with van der Waals surface area (Å²) < 4.78 is 16.6. The predicted octanol–water partition coefficient (Wildman–Crippen LogP) is 3.68. The van der Waals surface area contributed by atoms with E-state index in [1.165, 1.54) is 12.5 Å². The minimum atomic E-state index is -0.888. The van der Waals surface area contributed by atoms with Crippen LogP contribution in [0.4, 0.5) is 0 Å². The standard InChI is InChI=1S/C23H22ClN3O5/c1-2-30-21-12-17(7-10-20(21)32-15-16-5-8-18(24)9-6-16)13-26-27-23(29)22(28)25-14-19-4-3-11-31-19/h3-13H,2,14-15H2,1H3,(H,25,28)(H,27,29)/b26-13-. The summed E-state index contributed by atoms with van der Waals surface area (Å²) in [4.78, 5) is 23.6. The van der Waals surface area contributed by atoms with Gasteiger partial charge in [-0.05, 0) is 60.5 Å². The predicted molar refractivity (Wildman–Crippen MR) is 120 cm³/mol. The zero-order chi connectivity index (χ0) is 22.8. The van der Waals surface area contributed by atoms with E-state index >= 15 is 0 Å². The highest BCUT2D eigenvalue weighted by atomic mass is 35.5. The number of nitrogens with one attached hydrogen (secondary N) is 2. The molecule has 0 aliphatic rings. The zero-order valence-corrected chi connectivity index (χ0v) is 18.1. The first-order valence-corrected chi connectivity index (χ1v) is 10.2. The van der Waals surface area contributed by atoms with Gasteiger partial charge in [-0.1, -0.05) is 23.7 Å². The molecule has 166 valence electrons. The maximum atomic E-state index is 11.8. The van der Waals surface area contributed by atoms with E-state index < -0.39 is 11.8 Å². The molecular formula is C23H22ClN3O5. The van der Waals surface area contributed by atoms with Gasteiger partial charge < -0.3 is 19.2 Å². The summed E-state index contributed by atoms with van der Waals surface area (Å²) in [5.74, 6) is -0.0649. The van der Waals surface area contributed by atoms with E-state index in [4.69, 9.17) is 25.5 Å². The molecule has 32 heavy (non-hydrogen) atoms. The van der Waals surface area contributed by atoms with Crippen LogP contribution in [0, 0.1) is 0 Å². The van der Waals surface area contributed by atoms with E-state index in [0.717, 1.165) is 5.56 Å². The van der Waals surface area contributed by atoms with Crippen molar-refractivity contribution in [3.63, 3.8) is 0 Å². The summed E-state index contributed by atoms with van der Waals surface area (Å²) in [7, 11) is 0. The topological polar surface area (TPSA) is 102 Å². The summed E-state index contributed by atoms with van der Waals surface area (Å²) in [5, 5.41) is 6.92. The number of ether oxygens (including phenoxy) is 2. The molecule has 0 bridgehead atoms. The SMILES string of the molecule is CCOc1cc(/C=N\NC(=O)C(=O)NCc2ccco2)ccc1OCc1ccc(Cl)cc1. The molecule has 2 N–H and O–H groups in total. The molecule has 2 amide bonds. The first-order chi connectivity index (χ1) is 15.5. The summed E-state index contributed by atoms with van der Waals surface area (Å²) in [6.07, 6.45) is 2.89. The maximum absolute atomic E-state index is 11.8. The van der Waals surface area contributed by atoms with Crippen LogP contribution in [0.1, 0.15) is 23.8 Å². The van der Waals surface area contributed by atoms with Crippen molar-refractivity contribution in [3.8, 4) is 11.5 Å². The smallest absolute Gasteiger partial charge is 0.329 e. The van der Waals surface area contributed by atoms with Crippen LogP contribution in [0.5, 0.6) is 11.5 Å². The molecule has 0 aliphatic heterocycles. The average Bonchev–Trinajstić information content (AvgIpc) is 3.32. The molecule has 0 spiro atoms. The Morgan fingerprint density at radius 3 is 2.59 bits per heavy atom. The number of hydrogen-bond donors (Lipinski definition) is 2. The first-order valence-electron chi connectivity index (χ1n) is 9.83. The van der Waals surface area contributed by atoms with Crippen LogP contribution in [0.3, 0.4) is 0 Å². The van der Waals surface area contributed by atoms with Crippen LogP contribution in [0.15, 0.2) is 70.4 Å². The van der Waals surface area contributed by atoms with Gasteiger partial charge in [-0.15, -0.1) is 0 Å². The molecule has 0 saturated carbocycles. The lowest BCUT2D eigenvalue weighted by Crippen LogP contribution is -2.37. The quantitative estimate of drug-likeness (QED) is 0.291. The van der Waals surface area contributed by atoms with Crippen LogP contribution in [-0.4, -0.2) is 24.6 Å².